The van der Waals surface area contributed by atoms with E-state index in [1.54, 1.807) is 0 Å². The molecule has 22 heavy (non-hydrogen) atoms. The molecule has 5 atom stereocenters. The van der Waals surface area contributed by atoms with Gasteiger partial charge in [-0.3, -0.25) is 4.79 Å². The van der Waals surface area contributed by atoms with Crippen molar-refractivity contribution in [3.63, 3.8) is 0 Å². The molecule has 130 valence electrons. The first-order valence-electron chi connectivity index (χ1n) is 6.70. The molecule has 0 aromatic carbocycles. The third kappa shape index (κ3) is 5.14. The molecule has 1 saturated heterocycles. The molecule has 0 saturated carbocycles. The predicted molar refractivity (Wildman–Crippen MR) is 64.6 cm³/mol. The second-order valence-electron chi connectivity index (χ2n) is 4.95. The Bertz CT molecular complexity index is 361. The number of alkyl halides is 3. The predicted octanol–water partition coefficient (Wildman–Crippen LogP) is -0.895. The summed E-state index contributed by atoms with van der Waals surface area (Å²) in [5, 5.41) is 37.6. The molecule has 0 amide bonds. The van der Waals surface area contributed by atoms with Crippen LogP contribution in [0.25, 0.3) is 0 Å². The number of halogens is 3. The van der Waals surface area contributed by atoms with Crippen molar-refractivity contribution in [3.05, 3.63) is 0 Å². The number of hydrogen-bond donors (Lipinski definition) is 4. The number of Topliss-reactive ketones (excluding diaryl/α,β-unsaturated/α-hetero) is 1. The van der Waals surface area contributed by atoms with Crippen LogP contribution in [0.3, 0.4) is 0 Å². The van der Waals surface area contributed by atoms with Crippen LogP contribution in [0.1, 0.15) is 19.3 Å². The number of carbonyl (C=O) groups is 1. The average molecular weight is 332 g/mol. The van der Waals surface area contributed by atoms with Crippen LogP contribution in [-0.2, 0) is 14.3 Å². The molecule has 10 heteroatoms. The minimum absolute atomic E-state index is 0.0598. The maximum absolute atomic E-state index is 12.0. The Morgan fingerprint density at radius 2 is 1.73 bits per heavy atom. The fourth-order valence-electron chi connectivity index (χ4n) is 1.93. The van der Waals surface area contributed by atoms with E-state index in [4.69, 9.17) is 14.6 Å². The van der Waals surface area contributed by atoms with E-state index in [-0.39, 0.29) is 19.4 Å². The van der Waals surface area contributed by atoms with E-state index in [0.717, 1.165) is 0 Å². The Morgan fingerprint density at radius 1 is 1.09 bits per heavy atom. The molecule has 1 rings (SSSR count). The molecular weight excluding hydrogens is 313 g/mol. The highest BCUT2D eigenvalue weighted by Gasteiger charge is 2.44. The van der Waals surface area contributed by atoms with E-state index in [0.29, 0.717) is 0 Å². The molecule has 5 unspecified atom stereocenters. The highest BCUT2D eigenvalue weighted by Crippen LogP contribution is 2.22. The van der Waals surface area contributed by atoms with Crippen LogP contribution in [0.2, 0.25) is 0 Å². The normalized spacial score (nSPS) is 33.0. The third-order valence-corrected chi connectivity index (χ3v) is 3.24. The van der Waals surface area contributed by atoms with E-state index < -0.39 is 55.7 Å². The summed E-state index contributed by atoms with van der Waals surface area (Å²) < 4.78 is 46.0. The molecule has 0 radical (unpaired) electrons. The first-order chi connectivity index (χ1) is 10.2. The van der Waals surface area contributed by atoms with Crippen molar-refractivity contribution in [1.82, 2.24) is 0 Å². The molecule has 0 aliphatic carbocycles. The van der Waals surface area contributed by atoms with Crippen LogP contribution >= 0.6 is 0 Å². The number of hydrogen-bond acceptors (Lipinski definition) is 7. The van der Waals surface area contributed by atoms with Crippen LogP contribution in [0.5, 0.6) is 0 Å². The third-order valence-electron chi connectivity index (χ3n) is 3.24. The van der Waals surface area contributed by atoms with Gasteiger partial charge in [0, 0.05) is 13.0 Å². The summed E-state index contributed by atoms with van der Waals surface area (Å²) in [6.45, 7) is -0.723. The topological polar surface area (TPSA) is 116 Å². The summed E-state index contributed by atoms with van der Waals surface area (Å²) in [5.41, 5.74) is 0. The highest BCUT2D eigenvalue weighted by atomic mass is 19.4. The van der Waals surface area contributed by atoms with Crippen LogP contribution in [0, 0.1) is 0 Å². The lowest BCUT2D eigenvalue weighted by molar-refractivity contribution is -0.301. The second kappa shape index (κ2) is 8.18. The van der Waals surface area contributed by atoms with Crippen LogP contribution in [-0.4, -0.2) is 76.3 Å². The highest BCUT2D eigenvalue weighted by molar-refractivity contribution is 5.83. The summed E-state index contributed by atoms with van der Waals surface area (Å²) in [4.78, 5) is 10.6. The summed E-state index contributed by atoms with van der Waals surface area (Å²) >= 11 is 0. The first kappa shape index (κ1) is 19.3. The fourth-order valence-corrected chi connectivity index (χ4v) is 1.93. The quantitative estimate of drug-likeness (QED) is 0.447. The molecule has 0 bridgehead atoms. The molecule has 1 heterocycles. The van der Waals surface area contributed by atoms with Gasteiger partial charge in [-0.05, 0) is 12.8 Å². The lowest BCUT2D eigenvalue weighted by Gasteiger charge is -2.39. The number of ketones is 1. The largest absolute Gasteiger partial charge is 0.449 e. The first-order valence-corrected chi connectivity index (χ1v) is 6.70. The molecule has 1 fully saturated rings. The van der Waals surface area contributed by atoms with Crippen molar-refractivity contribution in [2.75, 3.05) is 13.2 Å². The monoisotopic (exact) mass is 332 g/mol. The van der Waals surface area contributed by atoms with Gasteiger partial charge >= 0.3 is 6.18 Å². The van der Waals surface area contributed by atoms with E-state index >= 15 is 0 Å². The molecule has 0 spiro atoms. The number of rotatable bonds is 7. The number of aliphatic hydroxyl groups excluding tert-OH is 4. The molecule has 0 aromatic rings. The van der Waals surface area contributed by atoms with Gasteiger partial charge in [-0.25, -0.2) is 0 Å². The van der Waals surface area contributed by atoms with Crippen LogP contribution < -0.4 is 0 Å². The second-order valence-corrected chi connectivity index (χ2v) is 4.95. The average Bonchev–Trinajstić information content (AvgIpc) is 2.45. The SMILES string of the molecule is O=C(CCCCOC1OC(CO)C(O)C(O)C1O)C(F)(F)F. The molecule has 4 N–H and O–H groups in total. The lowest BCUT2D eigenvalue weighted by Crippen LogP contribution is -2.59. The minimum atomic E-state index is -4.85. The molecule has 7 nitrogen and oxygen atoms in total. The molecule has 1 aliphatic heterocycles. The van der Waals surface area contributed by atoms with E-state index in [1.165, 1.54) is 0 Å². The van der Waals surface area contributed by atoms with Gasteiger partial charge in [-0.1, -0.05) is 0 Å². The van der Waals surface area contributed by atoms with E-state index in [1.807, 2.05) is 0 Å². The fraction of sp³-hybridized carbons (Fsp3) is 0.917. The lowest BCUT2D eigenvalue weighted by atomic mass is 9.99. The molecular formula is C12H19F3O7. The maximum atomic E-state index is 12.0. The van der Waals surface area contributed by atoms with Crippen LogP contribution in [0.15, 0.2) is 0 Å². The van der Waals surface area contributed by atoms with Crippen molar-refractivity contribution in [1.29, 1.82) is 0 Å². The van der Waals surface area contributed by atoms with Gasteiger partial charge in [0.1, 0.15) is 24.4 Å². The Kier molecular flexibility index (Phi) is 7.16. The summed E-state index contributed by atoms with van der Waals surface area (Å²) in [6, 6.07) is 0. The number of carbonyl (C=O) groups excluding carboxylic acids is 1. The molecule has 0 aromatic heterocycles. The number of aliphatic hydroxyl groups is 4. The number of unbranched alkanes of at least 4 members (excludes halogenated alkanes) is 1. The van der Waals surface area contributed by atoms with Crippen molar-refractivity contribution in [3.8, 4) is 0 Å². The maximum Gasteiger partial charge on any atom is 0.449 e. The summed E-state index contributed by atoms with van der Waals surface area (Å²) in [6.07, 6.45) is -12.6. The minimum Gasteiger partial charge on any atom is -0.394 e. The van der Waals surface area contributed by atoms with Gasteiger partial charge < -0.3 is 29.9 Å². The zero-order chi connectivity index (χ0) is 16.9. The summed E-state index contributed by atoms with van der Waals surface area (Å²) in [5.74, 6) is -1.82. The van der Waals surface area contributed by atoms with Gasteiger partial charge in [0.05, 0.1) is 6.61 Å². The van der Waals surface area contributed by atoms with E-state index in [9.17, 15) is 33.3 Å². The number of ether oxygens (including phenoxy) is 2. The Balaban J connectivity index is 2.31. The van der Waals surface area contributed by atoms with Crippen LogP contribution in [0.4, 0.5) is 13.2 Å². The van der Waals surface area contributed by atoms with Gasteiger partial charge in [0.25, 0.3) is 0 Å². The van der Waals surface area contributed by atoms with Crippen molar-refractivity contribution >= 4 is 5.78 Å². The molecule has 1 aliphatic rings. The van der Waals surface area contributed by atoms with Crippen molar-refractivity contribution in [2.45, 2.75) is 56.1 Å². The smallest absolute Gasteiger partial charge is 0.394 e. The van der Waals surface area contributed by atoms with Gasteiger partial charge in [0.15, 0.2) is 6.29 Å². The Hall–Kier alpha value is -0.780. The standard InChI is InChI=1S/C12H19F3O7/c13-12(14,15)7(17)3-1-2-4-21-11-10(20)9(19)8(18)6(5-16)22-11/h6,8-11,16,18-20H,1-5H2. The van der Waals surface area contributed by atoms with Gasteiger partial charge in [-0.15, -0.1) is 0 Å². The summed E-state index contributed by atoms with van der Waals surface area (Å²) in [7, 11) is 0. The van der Waals surface area contributed by atoms with Crippen molar-refractivity contribution in [2.24, 2.45) is 0 Å². The Morgan fingerprint density at radius 3 is 2.27 bits per heavy atom. The van der Waals surface area contributed by atoms with Gasteiger partial charge in [0.2, 0.25) is 5.78 Å². The van der Waals surface area contributed by atoms with Gasteiger partial charge in [-0.2, -0.15) is 13.2 Å². The Labute approximate surface area is 124 Å². The van der Waals surface area contributed by atoms with E-state index in [2.05, 4.69) is 0 Å². The zero-order valence-electron chi connectivity index (χ0n) is 11.6. The zero-order valence-corrected chi connectivity index (χ0v) is 11.6. The van der Waals surface area contributed by atoms with Crippen molar-refractivity contribution < 1.29 is 47.9 Å².